The molecule has 7 heteroatoms. The topological polar surface area (TPSA) is 102 Å². The Kier molecular flexibility index (Phi) is 3.72. The van der Waals surface area contributed by atoms with Gasteiger partial charge in [0.25, 0.3) is 0 Å². The van der Waals surface area contributed by atoms with Gasteiger partial charge in [-0.15, -0.1) is 0 Å². The maximum atomic E-state index is 13.1. The van der Waals surface area contributed by atoms with Gasteiger partial charge in [0.05, 0.1) is 25.2 Å². The number of ketones is 1. The number of hydrogen-bond acceptors (Lipinski definition) is 7. The molecule has 0 unspecified atom stereocenters. The molecule has 6 aliphatic rings. The van der Waals surface area contributed by atoms with Crippen LogP contribution < -0.4 is 0 Å². The van der Waals surface area contributed by atoms with Gasteiger partial charge in [0.15, 0.2) is 5.78 Å². The first-order chi connectivity index (χ1) is 14.6. The van der Waals surface area contributed by atoms with E-state index in [1.54, 1.807) is 6.08 Å². The predicted molar refractivity (Wildman–Crippen MR) is 107 cm³/mol. The third kappa shape index (κ3) is 2.06. The maximum Gasteiger partial charge on any atom is 0.312 e. The second-order valence-corrected chi connectivity index (χ2v) is 11.1. The van der Waals surface area contributed by atoms with E-state index in [1.165, 1.54) is 7.11 Å². The Morgan fingerprint density at radius 1 is 1.19 bits per heavy atom. The second-order valence-electron chi connectivity index (χ2n) is 11.1. The number of aliphatic hydroxyl groups excluding tert-OH is 1. The third-order valence-electron chi connectivity index (χ3n) is 10.3. The average molecular weight is 430 g/mol. The first-order valence-corrected chi connectivity index (χ1v) is 11.5. The maximum absolute atomic E-state index is 13.1. The number of rotatable bonds is 1. The normalized spacial score (nSPS) is 54.3. The van der Waals surface area contributed by atoms with Crippen molar-refractivity contribution < 1.29 is 33.7 Å². The highest BCUT2D eigenvalue weighted by atomic mass is 16.6. The van der Waals surface area contributed by atoms with E-state index in [4.69, 9.17) is 14.2 Å². The summed E-state index contributed by atoms with van der Waals surface area (Å²) in [6.45, 7) is 4.28. The Labute approximate surface area is 181 Å². The Balaban J connectivity index is 1.52. The monoisotopic (exact) mass is 430 g/mol. The first kappa shape index (κ1) is 19.9. The summed E-state index contributed by atoms with van der Waals surface area (Å²) in [6.07, 6.45) is 4.91. The molecule has 7 nitrogen and oxygen atoms in total. The molecular weight excluding hydrogens is 400 g/mol. The number of methoxy groups -OCH3 is 1. The van der Waals surface area contributed by atoms with Crippen molar-refractivity contribution in [3.05, 3.63) is 11.6 Å². The SMILES string of the molecule is COC(=O)[C@H]1[C@@H]2[C@H]3CC[C@@]4(CCC(=O)O4)[C@]3(C)C[C@@H]3O[C@]23[C@@]2(C)CCC(=O)C=C2[C@H]1O. The smallest absolute Gasteiger partial charge is 0.312 e. The van der Waals surface area contributed by atoms with E-state index in [0.29, 0.717) is 31.3 Å². The van der Waals surface area contributed by atoms with E-state index in [1.807, 2.05) is 0 Å². The Hall–Kier alpha value is -1.73. The summed E-state index contributed by atoms with van der Waals surface area (Å²) in [5, 5.41) is 11.5. The van der Waals surface area contributed by atoms with Crippen LogP contribution in [0.25, 0.3) is 0 Å². The first-order valence-electron chi connectivity index (χ1n) is 11.5. The molecule has 31 heavy (non-hydrogen) atoms. The highest BCUT2D eigenvalue weighted by Crippen LogP contribution is 2.78. The fourth-order valence-corrected chi connectivity index (χ4v) is 8.74. The summed E-state index contributed by atoms with van der Waals surface area (Å²) in [7, 11) is 1.35. The van der Waals surface area contributed by atoms with Crippen molar-refractivity contribution in [3.8, 4) is 0 Å². The van der Waals surface area contributed by atoms with Gasteiger partial charge in [-0.05, 0) is 49.7 Å². The minimum Gasteiger partial charge on any atom is -0.469 e. The standard InChI is InChI=1S/C24H30O7/c1-21-7-4-12(25)10-14(21)19(27)17(20(28)29-3)18-13-5-8-23(9-6-16(26)31-23)22(13,2)11-15-24(18,21)30-15/h10,13,15,17-19,27H,4-9,11H2,1-3H3/t13-,15+,17+,18+,19-,21+,22-,23-,24+/m1/s1. The Morgan fingerprint density at radius 3 is 2.65 bits per heavy atom. The highest BCUT2D eigenvalue weighted by Gasteiger charge is 2.84. The molecule has 5 fully saturated rings. The van der Waals surface area contributed by atoms with Gasteiger partial charge >= 0.3 is 11.9 Å². The molecule has 0 aromatic heterocycles. The molecule has 2 heterocycles. The molecule has 0 amide bonds. The van der Waals surface area contributed by atoms with Crippen LogP contribution >= 0.6 is 0 Å². The van der Waals surface area contributed by atoms with Gasteiger partial charge in [-0.2, -0.15) is 0 Å². The zero-order valence-corrected chi connectivity index (χ0v) is 18.3. The minimum atomic E-state index is -1.08. The molecule has 2 saturated heterocycles. The van der Waals surface area contributed by atoms with Crippen molar-refractivity contribution in [3.63, 3.8) is 0 Å². The van der Waals surface area contributed by atoms with Crippen molar-refractivity contribution in [2.45, 2.75) is 82.2 Å². The van der Waals surface area contributed by atoms with Gasteiger partial charge in [-0.3, -0.25) is 14.4 Å². The molecule has 1 N–H and O–H groups in total. The summed E-state index contributed by atoms with van der Waals surface area (Å²) in [5.74, 6) is -1.59. The lowest BCUT2D eigenvalue weighted by Gasteiger charge is -2.59. The van der Waals surface area contributed by atoms with Crippen LogP contribution in [-0.4, -0.2) is 53.3 Å². The van der Waals surface area contributed by atoms with Gasteiger partial charge in [0, 0.05) is 29.6 Å². The van der Waals surface area contributed by atoms with Crippen molar-refractivity contribution in [2.24, 2.45) is 28.6 Å². The van der Waals surface area contributed by atoms with Crippen LogP contribution in [0, 0.1) is 28.6 Å². The van der Waals surface area contributed by atoms with Crippen LogP contribution in [0.15, 0.2) is 11.6 Å². The lowest BCUT2D eigenvalue weighted by atomic mass is 9.43. The fraction of sp³-hybridized carbons (Fsp3) is 0.792. The number of carbonyl (C=O) groups excluding carboxylic acids is 3. The van der Waals surface area contributed by atoms with E-state index < -0.39 is 34.6 Å². The summed E-state index contributed by atoms with van der Waals surface area (Å²) in [4.78, 5) is 37.5. The molecule has 0 aromatic rings. The molecule has 4 aliphatic carbocycles. The zero-order valence-electron chi connectivity index (χ0n) is 18.3. The molecule has 0 radical (unpaired) electrons. The highest BCUT2D eigenvalue weighted by molar-refractivity contribution is 5.92. The van der Waals surface area contributed by atoms with Gasteiger partial charge in [-0.1, -0.05) is 13.8 Å². The van der Waals surface area contributed by atoms with E-state index in [0.717, 1.165) is 19.3 Å². The van der Waals surface area contributed by atoms with Crippen LogP contribution in [0.1, 0.15) is 58.8 Å². The molecule has 9 atom stereocenters. The lowest BCUT2D eigenvalue weighted by molar-refractivity contribution is -0.179. The fourth-order valence-electron chi connectivity index (χ4n) is 8.74. The predicted octanol–water partition coefficient (Wildman–Crippen LogP) is 2.10. The summed E-state index contributed by atoms with van der Waals surface area (Å²) < 4.78 is 17.7. The number of carbonyl (C=O) groups is 3. The number of aliphatic hydroxyl groups is 1. The van der Waals surface area contributed by atoms with Crippen LogP contribution in [0.5, 0.6) is 0 Å². The van der Waals surface area contributed by atoms with Crippen LogP contribution in [-0.2, 0) is 28.6 Å². The van der Waals surface area contributed by atoms with Gasteiger partial charge in [0.1, 0.15) is 11.2 Å². The van der Waals surface area contributed by atoms with E-state index >= 15 is 0 Å². The molecular formula is C24H30O7. The number of ether oxygens (including phenoxy) is 3. The average Bonchev–Trinajstić information content (AvgIpc) is 3.23. The second kappa shape index (κ2) is 5.79. The summed E-state index contributed by atoms with van der Waals surface area (Å²) >= 11 is 0. The third-order valence-corrected chi connectivity index (χ3v) is 10.3. The van der Waals surface area contributed by atoms with Crippen LogP contribution in [0.4, 0.5) is 0 Å². The molecule has 6 rings (SSSR count). The largest absolute Gasteiger partial charge is 0.469 e. The Morgan fingerprint density at radius 2 is 1.97 bits per heavy atom. The van der Waals surface area contributed by atoms with Crippen molar-refractivity contribution in [1.82, 2.24) is 0 Å². The quantitative estimate of drug-likeness (QED) is 0.502. The minimum absolute atomic E-state index is 0.0134. The summed E-state index contributed by atoms with van der Waals surface area (Å²) in [5.41, 5.74) is -1.29. The van der Waals surface area contributed by atoms with Crippen molar-refractivity contribution in [2.75, 3.05) is 7.11 Å². The Bertz CT molecular complexity index is 940. The van der Waals surface area contributed by atoms with Crippen LogP contribution in [0.2, 0.25) is 0 Å². The molecule has 2 spiro atoms. The summed E-state index contributed by atoms with van der Waals surface area (Å²) in [6, 6.07) is 0. The van der Waals surface area contributed by atoms with Crippen LogP contribution in [0.3, 0.4) is 0 Å². The van der Waals surface area contributed by atoms with E-state index in [-0.39, 0.29) is 35.1 Å². The zero-order chi connectivity index (χ0) is 22.0. The van der Waals surface area contributed by atoms with Gasteiger partial charge in [-0.25, -0.2) is 0 Å². The molecule has 0 aromatic carbocycles. The molecule has 3 saturated carbocycles. The number of fused-ring (bicyclic) bond motifs is 4. The van der Waals surface area contributed by atoms with Gasteiger partial charge < -0.3 is 19.3 Å². The van der Waals surface area contributed by atoms with E-state index in [2.05, 4.69) is 13.8 Å². The molecule has 0 bridgehead atoms. The molecule has 168 valence electrons. The van der Waals surface area contributed by atoms with Crippen molar-refractivity contribution >= 4 is 17.7 Å². The van der Waals surface area contributed by atoms with E-state index in [9.17, 15) is 19.5 Å². The number of esters is 2. The number of epoxide rings is 1. The van der Waals surface area contributed by atoms with Crippen molar-refractivity contribution in [1.29, 1.82) is 0 Å². The molecule has 2 aliphatic heterocycles. The lowest BCUT2D eigenvalue weighted by Crippen LogP contribution is -2.66. The van der Waals surface area contributed by atoms with Gasteiger partial charge in [0.2, 0.25) is 0 Å². The number of hydrogen-bond donors (Lipinski definition) is 1.